The van der Waals surface area contributed by atoms with Gasteiger partial charge in [-0.2, -0.15) is 0 Å². The maximum atomic E-state index is 10.3. The predicted octanol–water partition coefficient (Wildman–Crippen LogP) is 5.07. The van der Waals surface area contributed by atoms with Gasteiger partial charge in [-0.1, -0.05) is 18.2 Å². The van der Waals surface area contributed by atoms with Crippen molar-refractivity contribution >= 4 is 45.0 Å². The number of aromatic nitrogens is 1. The first-order valence-corrected chi connectivity index (χ1v) is 7.68. The maximum Gasteiger partial charge on any atom is 0.229 e. The van der Waals surface area contributed by atoms with Gasteiger partial charge in [-0.15, -0.1) is 21.6 Å². The third-order valence-corrected chi connectivity index (χ3v) is 4.17. The molecule has 0 aliphatic heterocycles. The SMILES string of the molecule is COSc1cccc2c(O)c(N=Nc3nccs3)ccc12. The number of azo groups is 1. The lowest BCUT2D eigenvalue weighted by atomic mass is 10.1. The van der Waals surface area contributed by atoms with Crippen LogP contribution < -0.4 is 0 Å². The molecule has 106 valence electrons. The van der Waals surface area contributed by atoms with E-state index in [1.54, 1.807) is 19.4 Å². The molecule has 5 nitrogen and oxygen atoms in total. The second-order valence-electron chi connectivity index (χ2n) is 4.05. The smallest absolute Gasteiger partial charge is 0.229 e. The minimum absolute atomic E-state index is 0.103. The topological polar surface area (TPSA) is 67.1 Å². The third kappa shape index (κ3) is 2.90. The first-order valence-electron chi connectivity index (χ1n) is 6.06. The van der Waals surface area contributed by atoms with Crippen molar-refractivity contribution in [3.05, 3.63) is 41.9 Å². The highest BCUT2D eigenvalue weighted by molar-refractivity contribution is 7.94. The summed E-state index contributed by atoms with van der Waals surface area (Å²) in [5.74, 6) is 0.103. The van der Waals surface area contributed by atoms with Crippen LogP contribution in [0.2, 0.25) is 0 Å². The van der Waals surface area contributed by atoms with Gasteiger partial charge in [0, 0.05) is 39.3 Å². The van der Waals surface area contributed by atoms with Crippen LogP contribution in [0.3, 0.4) is 0 Å². The molecule has 0 aliphatic rings. The number of phenolic OH excluding ortho intramolecular Hbond substituents is 1. The average Bonchev–Trinajstić information content (AvgIpc) is 3.01. The lowest BCUT2D eigenvalue weighted by Crippen LogP contribution is -1.80. The molecule has 0 saturated carbocycles. The Bertz CT molecular complexity index is 788. The molecular weight excluding hydrogens is 306 g/mol. The Morgan fingerprint density at radius 1 is 1.19 bits per heavy atom. The number of fused-ring (bicyclic) bond motifs is 1. The van der Waals surface area contributed by atoms with Crippen LogP contribution in [0, 0.1) is 0 Å². The van der Waals surface area contributed by atoms with Gasteiger partial charge in [0.2, 0.25) is 5.13 Å². The first kappa shape index (κ1) is 14.0. The van der Waals surface area contributed by atoms with E-state index in [1.807, 2.05) is 29.6 Å². The molecule has 3 aromatic rings. The highest BCUT2D eigenvalue weighted by atomic mass is 32.2. The van der Waals surface area contributed by atoms with Crippen LogP contribution >= 0.6 is 23.4 Å². The van der Waals surface area contributed by atoms with E-state index in [-0.39, 0.29) is 5.75 Å². The zero-order chi connectivity index (χ0) is 14.7. The lowest BCUT2D eigenvalue weighted by Gasteiger charge is -2.07. The summed E-state index contributed by atoms with van der Waals surface area (Å²) >= 11 is 2.64. The van der Waals surface area contributed by atoms with Gasteiger partial charge in [0.25, 0.3) is 0 Å². The molecule has 0 unspecified atom stereocenters. The summed E-state index contributed by atoms with van der Waals surface area (Å²) in [6, 6.07) is 9.27. The minimum Gasteiger partial charge on any atom is -0.505 e. The molecule has 0 radical (unpaired) electrons. The van der Waals surface area contributed by atoms with Crippen LogP contribution in [0.5, 0.6) is 5.75 Å². The van der Waals surface area contributed by atoms with E-state index in [0.717, 1.165) is 10.3 Å². The largest absolute Gasteiger partial charge is 0.505 e. The molecule has 1 heterocycles. The average molecular weight is 317 g/mol. The second kappa shape index (κ2) is 6.21. The number of nitrogens with zero attached hydrogens (tertiary/aromatic N) is 3. The standard InChI is InChI=1S/C14H11N3O2S2/c1-19-21-12-4-2-3-10-9(12)5-6-11(13(10)18)16-17-14-15-7-8-20-14/h2-8,18H,1H3. The fourth-order valence-corrected chi connectivity index (χ4v) is 2.94. The molecule has 0 atom stereocenters. The zero-order valence-electron chi connectivity index (χ0n) is 11.1. The van der Waals surface area contributed by atoms with Gasteiger partial charge < -0.3 is 9.29 Å². The van der Waals surface area contributed by atoms with E-state index in [1.165, 1.54) is 23.4 Å². The molecule has 2 aromatic carbocycles. The van der Waals surface area contributed by atoms with E-state index in [4.69, 9.17) is 4.18 Å². The fourth-order valence-electron chi connectivity index (χ4n) is 1.91. The van der Waals surface area contributed by atoms with Gasteiger partial charge in [0.1, 0.15) is 5.69 Å². The van der Waals surface area contributed by atoms with Gasteiger partial charge in [0.15, 0.2) is 5.75 Å². The molecule has 0 fully saturated rings. The maximum absolute atomic E-state index is 10.3. The second-order valence-corrected chi connectivity index (χ2v) is 5.86. The highest BCUT2D eigenvalue weighted by Crippen LogP contribution is 2.39. The van der Waals surface area contributed by atoms with Crippen LogP contribution in [0.25, 0.3) is 10.8 Å². The van der Waals surface area contributed by atoms with Crippen molar-refractivity contribution in [1.29, 1.82) is 0 Å². The number of hydrogen-bond donors (Lipinski definition) is 1. The number of aromatic hydroxyl groups is 1. The summed E-state index contributed by atoms with van der Waals surface area (Å²) in [7, 11) is 1.61. The number of hydrogen-bond acceptors (Lipinski definition) is 7. The number of thiazole rings is 1. The quantitative estimate of drug-likeness (QED) is 0.539. The van der Waals surface area contributed by atoms with Crippen LogP contribution in [0.4, 0.5) is 10.8 Å². The minimum atomic E-state index is 0.103. The summed E-state index contributed by atoms with van der Waals surface area (Å²) in [6.45, 7) is 0. The Labute approximate surface area is 129 Å². The summed E-state index contributed by atoms with van der Waals surface area (Å²) < 4.78 is 5.09. The highest BCUT2D eigenvalue weighted by Gasteiger charge is 2.09. The molecule has 0 amide bonds. The summed E-state index contributed by atoms with van der Waals surface area (Å²) in [5.41, 5.74) is 0.414. The monoisotopic (exact) mass is 317 g/mol. The third-order valence-electron chi connectivity index (χ3n) is 2.81. The lowest BCUT2D eigenvalue weighted by molar-refractivity contribution is 0.482. The van der Waals surface area contributed by atoms with E-state index < -0.39 is 0 Å². The Hall–Kier alpha value is -1.96. The van der Waals surface area contributed by atoms with Crippen molar-refractivity contribution in [1.82, 2.24) is 4.98 Å². The molecular formula is C14H11N3O2S2. The van der Waals surface area contributed by atoms with E-state index >= 15 is 0 Å². The molecule has 7 heteroatoms. The fraction of sp³-hybridized carbons (Fsp3) is 0.0714. The van der Waals surface area contributed by atoms with Crippen LogP contribution in [0.15, 0.2) is 57.0 Å². The van der Waals surface area contributed by atoms with Gasteiger partial charge in [0.05, 0.1) is 7.11 Å². The van der Waals surface area contributed by atoms with Crippen molar-refractivity contribution in [2.75, 3.05) is 7.11 Å². The number of phenols is 1. The van der Waals surface area contributed by atoms with Crippen LogP contribution in [0.1, 0.15) is 0 Å². The van der Waals surface area contributed by atoms with Crippen LogP contribution in [-0.2, 0) is 4.18 Å². The first-order chi connectivity index (χ1) is 10.3. The molecule has 1 N–H and O–H groups in total. The number of benzene rings is 2. The summed E-state index contributed by atoms with van der Waals surface area (Å²) in [5, 5.41) is 22.4. The Morgan fingerprint density at radius 3 is 2.86 bits per heavy atom. The van der Waals surface area contributed by atoms with Gasteiger partial charge in [-0.05, 0) is 12.1 Å². The van der Waals surface area contributed by atoms with E-state index in [9.17, 15) is 5.11 Å². The molecule has 0 aliphatic carbocycles. The van der Waals surface area contributed by atoms with Crippen molar-refractivity contribution in [2.45, 2.75) is 4.90 Å². The summed E-state index contributed by atoms with van der Waals surface area (Å²) in [4.78, 5) is 4.96. The molecule has 3 rings (SSSR count). The molecule has 1 aromatic heterocycles. The molecule has 0 saturated heterocycles. The van der Waals surface area contributed by atoms with Crippen molar-refractivity contribution in [2.24, 2.45) is 10.2 Å². The Morgan fingerprint density at radius 2 is 2.10 bits per heavy atom. The molecule has 21 heavy (non-hydrogen) atoms. The van der Waals surface area contributed by atoms with Crippen molar-refractivity contribution in [3.8, 4) is 5.75 Å². The summed E-state index contributed by atoms with van der Waals surface area (Å²) in [6.07, 6.45) is 1.66. The van der Waals surface area contributed by atoms with E-state index in [2.05, 4.69) is 15.2 Å². The Balaban J connectivity index is 2.04. The van der Waals surface area contributed by atoms with E-state index in [0.29, 0.717) is 16.2 Å². The van der Waals surface area contributed by atoms with Crippen molar-refractivity contribution < 1.29 is 9.29 Å². The molecule has 0 bridgehead atoms. The van der Waals surface area contributed by atoms with Gasteiger partial charge >= 0.3 is 0 Å². The Kier molecular flexibility index (Phi) is 4.14. The normalized spacial score (nSPS) is 11.5. The van der Waals surface area contributed by atoms with Gasteiger partial charge in [-0.25, -0.2) is 4.98 Å². The molecule has 0 spiro atoms. The number of rotatable bonds is 4. The zero-order valence-corrected chi connectivity index (χ0v) is 12.7. The van der Waals surface area contributed by atoms with Crippen molar-refractivity contribution in [3.63, 3.8) is 0 Å². The van der Waals surface area contributed by atoms with Gasteiger partial charge in [-0.3, -0.25) is 0 Å². The van der Waals surface area contributed by atoms with Crippen LogP contribution in [-0.4, -0.2) is 17.2 Å². The predicted molar refractivity (Wildman–Crippen MR) is 84.8 cm³/mol.